The number of nitrogens with one attached hydrogen (secondary N) is 1. The van der Waals surface area contributed by atoms with E-state index in [1.807, 2.05) is 13.1 Å². The smallest absolute Gasteiger partial charge is 0.317 e. The molecule has 0 bridgehead atoms. The molecule has 1 aromatic carbocycles. The molecule has 0 heterocycles. The van der Waals surface area contributed by atoms with Gasteiger partial charge in [-0.05, 0) is 50.4 Å². The third-order valence-electron chi connectivity index (χ3n) is 3.13. The van der Waals surface area contributed by atoms with E-state index in [0.29, 0.717) is 0 Å². The minimum absolute atomic E-state index is 0.289. The molecule has 4 heteroatoms. The van der Waals surface area contributed by atoms with Crippen LogP contribution < -0.4 is 5.32 Å². The van der Waals surface area contributed by atoms with Gasteiger partial charge in [-0.15, -0.1) is 6.58 Å². The normalized spacial score (nSPS) is 13.3. The first kappa shape index (κ1) is 15.8. The van der Waals surface area contributed by atoms with Gasteiger partial charge in [-0.1, -0.05) is 18.2 Å². The molecule has 0 aliphatic rings. The molecule has 1 unspecified atom stereocenters. The quantitative estimate of drug-likeness (QED) is 0.579. The molecular formula is C15H20F3N. The average molecular weight is 271 g/mol. The topological polar surface area (TPSA) is 12.0 Å². The van der Waals surface area contributed by atoms with Crippen LogP contribution in [0.5, 0.6) is 0 Å². The summed E-state index contributed by atoms with van der Waals surface area (Å²) < 4.78 is 37.3. The molecule has 1 atom stereocenters. The standard InChI is InChI=1S/C15H20F3N/c1-3-4-5-6-14(19-2)11-12-7-9-13(10-8-12)15(16,17)18/h3,7-10,14,19H,1,4-6,11H2,2H3. The third-order valence-corrected chi connectivity index (χ3v) is 3.13. The lowest BCUT2D eigenvalue weighted by Gasteiger charge is -2.16. The lowest BCUT2D eigenvalue weighted by molar-refractivity contribution is -0.137. The first-order valence-electron chi connectivity index (χ1n) is 6.41. The zero-order valence-electron chi connectivity index (χ0n) is 11.1. The van der Waals surface area contributed by atoms with Gasteiger partial charge in [-0.2, -0.15) is 13.2 Å². The summed E-state index contributed by atoms with van der Waals surface area (Å²) in [6.07, 6.45) is 1.35. The van der Waals surface area contributed by atoms with E-state index in [9.17, 15) is 13.2 Å². The molecule has 0 amide bonds. The van der Waals surface area contributed by atoms with Crippen molar-refractivity contribution in [2.45, 2.75) is 37.9 Å². The number of alkyl halides is 3. The van der Waals surface area contributed by atoms with E-state index in [4.69, 9.17) is 0 Å². The second-order valence-corrected chi connectivity index (χ2v) is 4.60. The molecule has 1 aromatic rings. The molecule has 1 N–H and O–H groups in total. The van der Waals surface area contributed by atoms with E-state index in [1.54, 1.807) is 12.1 Å². The highest BCUT2D eigenvalue weighted by Gasteiger charge is 2.29. The Kier molecular flexibility index (Phi) is 6.09. The van der Waals surface area contributed by atoms with E-state index < -0.39 is 11.7 Å². The summed E-state index contributed by atoms with van der Waals surface area (Å²) in [6, 6.07) is 5.69. The van der Waals surface area contributed by atoms with E-state index >= 15 is 0 Å². The van der Waals surface area contributed by atoms with Gasteiger partial charge in [-0.3, -0.25) is 0 Å². The summed E-state index contributed by atoms with van der Waals surface area (Å²) in [5.41, 5.74) is 0.329. The van der Waals surface area contributed by atoms with Gasteiger partial charge in [0.2, 0.25) is 0 Å². The molecule has 0 saturated heterocycles. The second kappa shape index (κ2) is 7.34. The summed E-state index contributed by atoms with van der Waals surface area (Å²) in [7, 11) is 1.88. The zero-order valence-corrected chi connectivity index (χ0v) is 11.1. The fourth-order valence-corrected chi connectivity index (χ4v) is 1.97. The molecule has 19 heavy (non-hydrogen) atoms. The lowest BCUT2D eigenvalue weighted by atomic mass is 10.00. The minimum Gasteiger partial charge on any atom is -0.317 e. The van der Waals surface area contributed by atoms with Crippen LogP contribution in [0.25, 0.3) is 0 Å². The molecule has 0 radical (unpaired) electrons. The van der Waals surface area contributed by atoms with Gasteiger partial charge in [0.25, 0.3) is 0 Å². The number of benzene rings is 1. The zero-order chi connectivity index (χ0) is 14.3. The second-order valence-electron chi connectivity index (χ2n) is 4.60. The average Bonchev–Trinajstić information content (AvgIpc) is 2.37. The van der Waals surface area contributed by atoms with Crippen molar-refractivity contribution in [3.8, 4) is 0 Å². The number of halogens is 3. The Hall–Kier alpha value is -1.29. The number of likely N-dealkylation sites (N-methyl/N-ethyl adjacent to an activating group) is 1. The maximum atomic E-state index is 12.4. The van der Waals surface area contributed by atoms with Gasteiger partial charge < -0.3 is 5.32 Å². The van der Waals surface area contributed by atoms with Crippen LogP contribution in [0, 0.1) is 0 Å². The van der Waals surface area contributed by atoms with Crippen molar-refractivity contribution in [2.75, 3.05) is 7.05 Å². The minimum atomic E-state index is -4.26. The van der Waals surface area contributed by atoms with Crippen molar-refractivity contribution < 1.29 is 13.2 Å². The SMILES string of the molecule is C=CCCCC(Cc1ccc(C(F)(F)F)cc1)NC. The van der Waals surface area contributed by atoms with Crippen LogP contribution in [-0.2, 0) is 12.6 Å². The Bertz CT molecular complexity index is 381. The predicted octanol–water partition coefficient (Wildman–Crippen LogP) is 4.19. The van der Waals surface area contributed by atoms with Gasteiger partial charge >= 0.3 is 6.18 Å². The number of allylic oxidation sites excluding steroid dienone is 1. The van der Waals surface area contributed by atoms with Crippen molar-refractivity contribution in [3.05, 3.63) is 48.0 Å². The Morgan fingerprint density at radius 2 is 1.89 bits per heavy atom. The number of unbranched alkanes of at least 4 members (excludes halogenated alkanes) is 1. The van der Waals surface area contributed by atoms with Crippen molar-refractivity contribution in [1.29, 1.82) is 0 Å². The summed E-state index contributed by atoms with van der Waals surface area (Å²) in [6.45, 7) is 3.67. The van der Waals surface area contributed by atoms with Gasteiger partial charge in [-0.25, -0.2) is 0 Å². The molecule has 0 aromatic heterocycles. The molecule has 1 rings (SSSR count). The predicted molar refractivity (Wildman–Crippen MR) is 72.0 cm³/mol. The summed E-state index contributed by atoms with van der Waals surface area (Å²) in [5.74, 6) is 0. The maximum Gasteiger partial charge on any atom is 0.416 e. The number of rotatable bonds is 7. The molecule has 0 spiro atoms. The maximum absolute atomic E-state index is 12.4. The Morgan fingerprint density at radius 1 is 1.26 bits per heavy atom. The van der Waals surface area contributed by atoms with Crippen LogP contribution in [0.15, 0.2) is 36.9 Å². The van der Waals surface area contributed by atoms with Gasteiger partial charge in [0, 0.05) is 6.04 Å². The van der Waals surface area contributed by atoms with Crippen molar-refractivity contribution in [3.63, 3.8) is 0 Å². The largest absolute Gasteiger partial charge is 0.416 e. The number of hydrogen-bond acceptors (Lipinski definition) is 1. The highest BCUT2D eigenvalue weighted by molar-refractivity contribution is 5.25. The first-order valence-corrected chi connectivity index (χ1v) is 6.41. The Balaban J connectivity index is 2.58. The van der Waals surface area contributed by atoms with Crippen LogP contribution in [0.1, 0.15) is 30.4 Å². The van der Waals surface area contributed by atoms with Crippen molar-refractivity contribution >= 4 is 0 Å². The van der Waals surface area contributed by atoms with Crippen LogP contribution >= 0.6 is 0 Å². The Labute approximate surface area is 112 Å². The lowest BCUT2D eigenvalue weighted by Crippen LogP contribution is -2.27. The molecule has 0 saturated carbocycles. The van der Waals surface area contributed by atoms with Crippen molar-refractivity contribution in [1.82, 2.24) is 5.32 Å². The van der Waals surface area contributed by atoms with Gasteiger partial charge in [0.15, 0.2) is 0 Å². The van der Waals surface area contributed by atoms with E-state index in [1.165, 1.54) is 0 Å². The van der Waals surface area contributed by atoms with Crippen LogP contribution in [0.4, 0.5) is 13.2 Å². The molecule has 0 aliphatic carbocycles. The van der Waals surface area contributed by atoms with Gasteiger partial charge in [0.1, 0.15) is 0 Å². The molecule has 0 fully saturated rings. The molecule has 0 aliphatic heterocycles. The number of hydrogen-bond donors (Lipinski definition) is 1. The summed E-state index contributed by atoms with van der Waals surface area (Å²) in [5, 5.41) is 3.20. The van der Waals surface area contributed by atoms with Crippen LogP contribution in [0.2, 0.25) is 0 Å². The monoisotopic (exact) mass is 271 g/mol. The van der Waals surface area contributed by atoms with Crippen LogP contribution in [-0.4, -0.2) is 13.1 Å². The highest BCUT2D eigenvalue weighted by atomic mass is 19.4. The Morgan fingerprint density at radius 3 is 2.37 bits per heavy atom. The summed E-state index contributed by atoms with van der Waals surface area (Å²) in [4.78, 5) is 0. The fraction of sp³-hybridized carbons (Fsp3) is 0.467. The molecule has 1 nitrogen and oxygen atoms in total. The fourth-order valence-electron chi connectivity index (χ4n) is 1.97. The van der Waals surface area contributed by atoms with Gasteiger partial charge in [0.05, 0.1) is 5.56 Å². The third kappa shape index (κ3) is 5.47. The first-order chi connectivity index (χ1) is 8.97. The van der Waals surface area contributed by atoms with E-state index in [2.05, 4.69) is 11.9 Å². The summed E-state index contributed by atoms with van der Waals surface area (Å²) >= 11 is 0. The molecular weight excluding hydrogens is 251 g/mol. The van der Waals surface area contributed by atoms with E-state index in [-0.39, 0.29) is 6.04 Å². The molecule has 106 valence electrons. The highest BCUT2D eigenvalue weighted by Crippen LogP contribution is 2.29. The van der Waals surface area contributed by atoms with E-state index in [0.717, 1.165) is 43.4 Å². The van der Waals surface area contributed by atoms with Crippen LogP contribution in [0.3, 0.4) is 0 Å². The van der Waals surface area contributed by atoms with Crippen molar-refractivity contribution in [2.24, 2.45) is 0 Å².